The fraction of sp³-hybridized carbons (Fsp3) is 0.429. The highest BCUT2D eigenvalue weighted by atomic mass is 16.4. The van der Waals surface area contributed by atoms with Gasteiger partial charge < -0.3 is 20.4 Å². The summed E-state index contributed by atoms with van der Waals surface area (Å²) in [6.07, 6.45) is 2.50. The summed E-state index contributed by atoms with van der Waals surface area (Å²) in [7, 11) is 0. The maximum atomic E-state index is 12.4. The molecule has 146 valence electrons. The van der Waals surface area contributed by atoms with Crippen molar-refractivity contribution < 1.29 is 30.0 Å². The summed E-state index contributed by atoms with van der Waals surface area (Å²) < 4.78 is 0. The number of hydrogen-bond acceptors (Lipinski definition) is 5. The van der Waals surface area contributed by atoms with Gasteiger partial charge in [-0.05, 0) is 56.9 Å². The molecule has 0 bridgehead atoms. The lowest BCUT2D eigenvalue weighted by molar-refractivity contribution is -0.132. The number of carboxylic acid groups (broad SMARTS) is 1. The summed E-state index contributed by atoms with van der Waals surface area (Å²) >= 11 is 0. The molecule has 0 amide bonds. The molecule has 0 heterocycles. The molecule has 0 aromatic heterocycles. The van der Waals surface area contributed by atoms with Crippen LogP contribution in [0.4, 0.5) is 0 Å². The van der Waals surface area contributed by atoms with Crippen molar-refractivity contribution in [3.8, 4) is 11.5 Å². The molecule has 6 heteroatoms. The minimum atomic E-state index is -1.21. The quantitative estimate of drug-likeness (QED) is 0.262. The first-order valence-electron chi connectivity index (χ1n) is 8.91. The monoisotopic (exact) mass is 374 g/mol. The van der Waals surface area contributed by atoms with Crippen LogP contribution in [0.3, 0.4) is 0 Å². The molecule has 4 N–H and O–H groups in total. The smallest absolute Gasteiger partial charge is 0.331 e. The van der Waals surface area contributed by atoms with Crippen molar-refractivity contribution >= 4 is 11.8 Å². The van der Waals surface area contributed by atoms with Crippen LogP contribution in [0.25, 0.3) is 0 Å². The Bertz CT molecular complexity index is 816. The lowest BCUT2D eigenvalue weighted by Gasteiger charge is -2.39. The number of benzene rings is 1. The van der Waals surface area contributed by atoms with Crippen LogP contribution in [0.2, 0.25) is 0 Å². The van der Waals surface area contributed by atoms with E-state index >= 15 is 0 Å². The third-order valence-electron chi connectivity index (χ3n) is 5.39. The number of phenols is 2. The molecular formula is C21H26O6. The fourth-order valence-corrected chi connectivity index (χ4v) is 3.61. The van der Waals surface area contributed by atoms with Gasteiger partial charge in [0.05, 0.1) is 11.7 Å². The molecule has 0 aliphatic heterocycles. The Labute approximate surface area is 158 Å². The van der Waals surface area contributed by atoms with E-state index in [4.69, 9.17) is 0 Å². The van der Waals surface area contributed by atoms with Gasteiger partial charge in [0.25, 0.3) is 0 Å². The van der Waals surface area contributed by atoms with Crippen LogP contribution in [0, 0.1) is 5.41 Å². The number of allylic oxidation sites excluding steroid dienone is 2. The minimum Gasteiger partial charge on any atom is -0.508 e. The summed E-state index contributed by atoms with van der Waals surface area (Å²) in [6.45, 7) is 5.87. The number of hydrogen-bond donors (Lipinski definition) is 4. The number of aliphatic hydroxyl groups is 1. The van der Waals surface area contributed by atoms with Crippen molar-refractivity contribution in [3.63, 3.8) is 0 Å². The highest BCUT2D eigenvalue weighted by Crippen LogP contribution is 2.43. The number of rotatable bonds is 6. The molecule has 2 rings (SSSR count). The number of aromatic hydroxyl groups is 2. The van der Waals surface area contributed by atoms with E-state index in [9.17, 15) is 30.0 Å². The average molecular weight is 374 g/mol. The van der Waals surface area contributed by atoms with E-state index in [1.54, 1.807) is 0 Å². The van der Waals surface area contributed by atoms with Gasteiger partial charge in [0.15, 0.2) is 5.78 Å². The predicted molar refractivity (Wildman–Crippen MR) is 101 cm³/mol. The van der Waals surface area contributed by atoms with E-state index in [1.165, 1.54) is 12.1 Å². The van der Waals surface area contributed by atoms with Crippen LogP contribution >= 0.6 is 0 Å². The van der Waals surface area contributed by atoms with Crippen LogP contribution in [-0.4, -0.2) is 38.3 Å². The highest BCUT2D eigenvalue weighted by Gasteiger charge is 2.36. The zero-order valence-corrected chi connectivity index (χ0v) is 15.8. The van der Waals surface area contributed by atoms with Crippen LogP contribution in [0.5, 0.6) is 11.5 Å². The second-order valence-electron chi connectivity index (χ2n) is 7.58. The minimum absolute atomic E-state index is 0.0843. The maximum absolute atomic E-state index is 12.4. The largest absolute Gasteiger partial charge is 0.508 e. The second-order valence-corrected chi connectivity index (χ2v) is 7.58. The van der Waals surface area contributed by atoms with Crippen LogP contribution in [0.15, 0.2) is 41.0 Å². The molecule has 0 fully saturated rings. The zero-order chi connectivity index (χ0) is 20.4. The molecule has 0 spiro atoms. The Morgan fingerprint density at radius 1 is 1.26 bits per heavy atom. The van der Waals surface area contributed by atoms with Crippen molar-refractivity contribution in [1.82, 2.24) is 0 Å². The molecule has 0 unspecified atom stereocenters. The lowest BCUT2D eigenvalue weighted by Crippen LogP contribution is -2.35. The molecule has 0 saturated carbocycles. The van der Waals surface area contributed by atoms with Crippen LogP contribution in [-0.2, 0) is 4.79 Å². The fourth-order valence-electron chi connectivity index (χ4n) is 3.61. The summed E-state index contributed by atoms with van der Waals surface area (Å²) in [5, 5.41) is 39.0. The molecule has 1 aliphatic rings. The number of carboxylic acids is 1. The Balaban J connectivity index is 2.26. The van der Waals surface area contributed by atoms with Crippen molar-refractivity contribution in [2.75, 3.05) is 0 Å². The Kier molecular flexibility index (Phi) is 6.11. The first kappa shape index (κ1) is 20.7. The van der Waals surface area contributed by atoms with Crippen molar-refractivity contribution in [1.29, 1.82) is 0 Å². The van der Waals surface area contributed by atoms with Gasteiger partial charge in [-0.15, -0.1) is 0 Å². The van der Waals surface area contributed by atoms with Gasteiger partial charge in [-0.3, -0.25) is 4.79 Å². The number of aliphatic carboxylic acids is 1. The van der Waals surface area contributed by atoms with Gasteiger partial charge in [0.1, 0.15) is 11.5 Å². The summed E-state index contributed by atoms with van der Waals surface area (Å²) in [4.78, 5) is 24.0. The molecule has 27 heavy (non-hydrogen) atoms. The number of aliphatic hydroxyl groups excluding tert-OH is 1. The van der Waals surface area contributed by atoms with Crippen molar-refractivity contribution in [2.24, 2.45) is 5.41 Å². The van der Waals surface area contributed by atoms with Gasteiger partial charge in [0, 0.05) is 11.0 Å². The molecule has 1 aromatic carbocycles. The van der Waals surface area contributed by atoms with E-state index in [0.29, 0.717) is 12.8 Å². The Morgan fingerprint density at radius 2 is 1.93 bits per heavy atom. The third kappa shape index (κ3) is 4.57. The van der Waals surface area contributed by atoms with Crippen molar-refractivity contribution in [2.45, 2.75) is 52.6 Å². The van der Waals surface area contributed by atoms with E-state index in [2.05, 4.69) is 0 Å². The van der Waals surface area contributed by atoms with Gasteiger partial charge in [-0.1, -0.05) is 25.0 Å². The summed E-state index contributed by atoms with van der Waals surface area (Å²) in [5.41, 5.74) is 1.48. The molecule has 1 aromatic rings. The zero-order valence-electron chi connectivity index (χ0n) is 15.8. The standard InChI is InChI=1S/C21H26O6/c1-12-4-9-19(25)21(2,3)16(12)7-5-13(20(26)27)10-18(24)15-11-14(22)6-8-17(15)23/h6,8,10-11,19,22-23,25H,4-5,7,9H2,1-3H3,(H,26,27)/b13-10+/t19-/m0/s1. The SMILES string of the molecule is CC1=C(CC/C(=C\C(=O)c2cc(O)ccc2O)C(=O)O)C(C)(C)[C@@H](O)CC1. The van der Waals surface area contributed by atoms with E-state index < -0.39 is 23.3 Å². The number of carbonyl (C=O) groups excluding carboxylic acids is 1. The van der Waals surface area contributed by atoms with Gasteiger partial charge in [-0.25, -0.2) is 4.79 Å². The first-order chi connectivity index (χ1) is 12.5. The highest BCUT2D eigenvalue weighted by molar-refractivity contribution is 6.10. The van der Waals surface area contributed by atoms with Crippen LogP contribution in [0.1, 0.15) is 56.8 Å². The molecule has 1 aliphatic carbocycles. The second kappa shape index (κ2) is 7.96. The predicted octanol–water partition coefficient (Wildman–Crippen LogP) is 3.57. The Morgan fingerprint density at radius 3 is 2.56 bits per heavy atom. The van der Waals surface area contributed by atoms with Gasteiger partial charge in [0.2, 0.25) is 0 Å². The van der Waals surface area contributed by atoms with Gasteiger partial charge >= 0.3 is 5.97 Å². The number of ketones is 1. The summed E-state index contributed by atoms with van der Waals surface area (Å²) in [6, 6.07) is 3.51. The molecule has 0 radical (unpaired) electrons. The van der Waals surface area contributed by atoms with E-state index in [1.807, 2.05) is 20.8 Å². The van der Waals surface area contributed by atoms with Crippen LogP contribution < -0.4 is 0 Å². The molecule has 1 atom stereocenters. The van der Waals surface area contributed by atoms with E-state index in [0.717, 1.165) is 29.7 Å². The maximum Gasteiger partial charge on any atom is 0.331 e. The average Bonchev–Trinajstić information content (AvgIpc) is 2.59. The first-order valence-corrected chi connectivity index (χ1v) is 8.91. The molecular weight excluding hydrogens is 348 g/mol. The molecule has 6 nitrogen and oxygen atoms in total. The van der Waals surface area contributed by atoms with Gasteiger partial charge in [-0.2, -0.15) is 0 Å². The summed E-state index contributed by atoms with van der Waals surface area (Å²) in [5.74, 6) is -2.42. The lowest BCUT2D eigenvalue weighted by atomic mass is 9.69. The Hall–Kier alpha value is -2.60. The number of phenolic OH excluding ortho intramolecular Hbond substituents is 2. The third-order valence-corrected chi connectivity index (χ3v) is 5.39. The number of carbonyl (C=O) groups is 2. The topological polar surface area (TPSA) is 115 Å². The molecule has 0 saturated heterocycles. The van der Waals surface area contributed by atoms with E-state index in [-0.39, 0.29) is 29.1 Å². The normalized spacial score (nSPS) is 19.9. The van der Waals surface area contributed by atoms with Crippen molar-refractivity contribution in [3.05, 3.63) is 46.6 Å².